The zero-order chi connectivity index (χ0) is 22.4. The van der Waals surface area contributed by atoms with E-state index in [2.05, 4.69) is 10.5 Å². The van der Waals surface area contributed by atoms with Crippen LogP contribution in [-0.2, 0) is 14.8 Å². The Hall–Kier alpha value is -2.62. The standard InChI is InChI=1S/C21H24ClN3O5S/c1-29-19-7-6-18(13-20(19)30-2)31(27,28)25-10-8-16(9-11-25)21(26)24-23-14-15-4-3-5-17(22)12-15/h3-7,12-14,16H,8-11H2,1-2H3,(H,24,26)/b23-14-. The molecule has 1 amide bonds. The number of nitrogens with one attached hydrogen (secondary N) is 1. The number of amides is 1. The first-order valence-corrected chi connectivity index (χ1v) is 11.5. The fourth-order valence-electron chi connectivity index (χ4n) is 3.33. The van der Waals surface area contributed by atoms with Gasteiger partial charge in [-0.2, -0.15) is 9.41 Å². The molecule has 0 unspecified atom stereocenters. The molecule has 10 heteroatoms. The number of ether oxygens (including phenoxy) is 2. The lowest BCUT2D eigenvalue weighted by Gasteiger charge is -2.30. The number of piperidine rings is 1. The number of benzene rings is 2. The third-order valence-corrected chi connectivity index (χ3v) is 7.18. The SMILES string of the molecule is COc1ccc(S(=O)(=O)N2CCC(C(=O)N/N=C\c3cccc(Cl)c3)CC2)cc1OC. The van der Waals surface area contributed by atoms with Crippen LogP contribution >= 0.6 is 11.6 Å². The van der Waals surface area contributed by atoms with Crippen LogP contribution in [0.2, 0.25) is 5.02 Å². The van der Waals surface area contributed by atoms with E-state index in [-0.39, 0.29) is 29.8 Å². The van der Waals surface area contributed by atoms with Crippen molar-refractivity contribution in [1.82, 2.24) is 9.73 Å². The van der Waals surface area contributed by atoms with Crippen molar-refractivity contribution in [1.29, 1.82) is 0 Å². The van der Waals surface area contributed by atoms with Crippen molar-refractivity contribution < 1.29 is 22.7 Å². The van der Waals surface area contributed by atoms with Crippen molar-refractivity contribution in [2.45, 2.75) is 17.7 Å². The van der Waals surface area contributed by atoms with Crippen LogP contribution in [0.4, 0.5) is 0 Å². The highest BCUT2D eigenvalue weighted by atomic mass is 35.5. The molecule has 8 nitrogen and oxygen atoms in total. The van der Waals surface area contributed by atoms with E-state index in [0.29, 0.717) is 29.4 Å². The van der Waals surface area contributed by atoms with Gasteiger partial charge in [-0.3, -0.25) is 4.79 Å². The van der Waals surface area contributed by atoms with Gasteiger partial charge in [-0.1, -0.05) is 23.7 Å². The maximum absolute atomic E-state index is 13.0. The van der Waals surface area contributed by atoms with Gasteiger partial charge in [0.05, 0.1) is 25.3 Å². The number of carbonyl (C=O) groups is 1. The summed E-state index contributed by atoms with van der Waals surface area (Å²) in [6, 6.07) is 11.6. The van der Waals surface area contributed by atoms with E-state index in [0.717, 1.165) is 5.56 Å². The maximum atomic E-state index is 13.0. The zero-order valence-corrected chi connectivity index (χ0v) is 18.8. The predicted molar refractivity (Wildman–Crippen MR) is 118 cm³/mol. The van der Waals surface area contributed by atoms with Crippen molar-refractivity contribution in [3.05, 3.63) is 53.1 Å². The zero-order valence-electron chi connectivity index (χ0n) is 17.2. The molecule has 1 aliphatic rings. The van der Waals surface area contributed by atoms with E-state index in [1.165, 1.54) is 36.9 Å². The Balaban J connectivity index is 1.58. The number of nitrogens with zero attached hydrogens (tertiary/aromatic N) is 2. The minimum Gasteiger partial charge on any atom is -0.493 e. The van der Waals surface area contributed by atoms with Crippen molar-refractivity contribution in [3.8, 4) is 11.5 Å². The molecule has 0 radical (unpaired) electrons. The molecule has 1 heterocycles. The summed E-state index contributed by atoms with van der Waals surface area (Å²) >= 11 is 5.92. The second kappa shape index (κ2) is 10.1. The molecule has 0 saturated carbocycles. The maximum Gasteiger partial charge on any atom is 0.243 e. The average molecular weight is 466 g/mol. The Labute approximate surface area is 186 Å². The van der Waals surface area contributed by atoms with Gasteiger partial charge in [-0.05, 0) is 42.7 Å². The molecule has 0 aliphatic carbocycles. The summed E-state index contributed by atoms with van der Waals surface area (Å²) in [6.07, 6.45) is 2.33. The molecular weight excluding hydrogens is 442 g/mol. The monoisotopic (exact) mass is 465 g/mol. The Morgan fingerprint density at radius 1 is 1.13 bits per heavy atom. The minimum absolute atomic E-state index is 0.124. The summed E-state index contributed by atoms with van der Waals surface area (Å²) in [4.78, 5) is 12.5. The van der Waals surface area contributed by atoms with E-state index in [9.17, 15) is 13.2 Å². The van der Waals surface area contributed by atoms with Crippen molar-refractivity contribution in [2.75, 3.05) is 27.3 Å². The minimum atomic E-state index is -3.70. The Morgan fingerprint density at radius 2 is 1.84 bits per heavy atom. The van der Waals surface area contributed by atoms with E-state index in [1.54, 1.807) is 24.3 Å². The third-order valence-electron chi connectivity index (χ3n) is 5.05. The topological polar surface area (TPSA) is 97.3 Å². The van der Waals surface area contributed by atoms with Gasteiger partial charge in [0.1, 0.15) is 0 Å². The van der Waals surface area contributed by atoms with Crippen LogP contribution < -0.4 is 14.9 Å². The summed E-state index contributed by atoms with van der Waals surface area (Å²) < 4.78 is 37.7. The molecule has 3 rings (SSSR count). The van der Waals surface area contributed by atoms with E-state index in [1.807, 2.05) is 6.07 Å². The number of methoxy groups -OCH3 is 2. The number of sulfonamides is 1. The summed E-state index contributed by atoms with van der Waals surface area (Å²) in [5, 5.41) is 4.55. The number of hydrazone groups is 1. The second-order valence-electron chi connectivity index (χ2n) is 6.98. The van der Waals surface area contributed by atoms with E-state index < -0.39 is 10.0 Å². The lowest BCUT2D eigenvalue weighted by atomic mass is 9.98. The second-order valence-corrected chi connectivity index (χ2v) is 9.36. The van der Waals surface area contributed by atoms with E-state index in [4.69, 9.17) is 21.1 Å². The highest BCUT2D eigenvalue weighted by molar-refractivity contribution is 7.89. The molecule has 1 fully saturated rings. The molecule has 31 heavy (non-hydrogen) atoms. The molecule has 0 spiro atoms. The fourth-order valence-corrected chi connectivity index (χ4v) is 5.02. The summed E-state index contributed by atoms with van der Waals surface area (Å²) in [6.45, 7) is 0.486. The van der Waals surface area contributed by atoms with Crippen LogP contribution in [0, 0.1) is 5.92 Å². The van der Waals surface area contributed by atoms with Gasteiger partial charge in [0, 0.05) is 30.1 Å². The molecular formula is C21H24ClN3O5S. The van der Waals surface area contributed by atoms with Crippen LogP contribution in [0.1, 0.15) is 18.4 Å². The van der Waals surface area contributed by atoms with E-state index >= 15 is 0 Å². The first-order chi connectivity index (χ1) is 14.8. The lowest BCUT2D eigenvalue weighted by Crippen LogP contribution is -2.42. The van der Waals surface area contributed by atoms with Crippen LogP contribution in [0.15, 0.2) is 52.5 Å². The normalized spacial score (nSPS) is 15.7. The smallest absolute Gasteiger partial charge is 0.243 e. The largest absolute Gasteiger partial charge is 0.493 e. The summed E-state index contributed by atoms with van der Waals surface area (Å²) in [7, 11) is -0.763. The van der Waals surface area contributed by atoms with Gasteiger partial charge in [-0.15, -0.1) is 0 Å². The van der Waals surface area contributed by atoms with Crippen molar-refractivity contribution in [3.63, 3.8) is 0 Å². The molecule has 1 saturated heterocycles. The van der Waals surface area contributed by atoms with Gasteiger partial charge < -0.3 is 9.47 Å². The average Bonchev–Trinajstić information content (AvgIpc) is 2.78. The van der Waals surface area contributed by atoms with Gasteiger partial charge >= 0.3 is 0 Å². The highest BCUT2D eigenvalue weighted by Gasteiger charge is 2.32. The molecule has 2 aromatic carbocycles. The fraction of sp³-hybridized carbons (Fsp3) is 0.333. The highest BCUT2D eigenvalue weighted by Crippen LogP contribution is 2.32. The Kier molecular flexibility index (Phi) is 7.53. The summed E-state index contributed by atoms with van der Waals surface area (Å²) in [5.41, 5.74) is 3.29. The number of halogens is 1. The van der Waals surface area contributed by atoms with Crippen LogP contribution in [0.3, 0.4) is 0 Å². The van der Waals surface area contributed by atoms with Crippen LogP contribution in [0.25, 0.3) is 0 Å². The third kappa shape index (κ3) is 5.55. The Bertz CT molecular complexity index is 1070. The molecule has 1 aliphatic heterocycles. The molecule has 2 aromatic rings. The number of carbonyl (C=O) groups excluding carboxylic acids is 1. The van der Waals surface area contributed by atoms with Gasteiger partial charge in [0.2, 0.25) is 15.9 Å². The lowest BCUT2D eigenvalue weighted by molar-refractivity contribution is -0.126. The quantitative estimate of drug-likeness (QED) is 0.501. The van der Waals surface area contributed by atoms with Gasteiger partial charge in [-0.25, -0.2) is 13.8 Å². The molecule has 166 valence electrons. The first-order valence-electron chi connectivity index (χ1n) is 9.66. The van der Waals surface area contributed by atoms with Crippen LogP contribution in [-0.4, -0.2) is 52.2 Å². The first kappa shape index (κ1) is 23.1. The molecule has 1 N–H and O–H groups in total. The number of rotatable bonds is 7. The number of hydrogen-bond acceptors (Lipinski definition) is 6. The molecule has 0 atom stereocenters. The van der Waals surface area contributed by atoms with Crippen molar-refractivity contribution in [2.24, 2.45) is 11.0 Å². The summed E-state index contributed by atoms with van der Waals surface area (Å²) in [5.74, 6) is 0.250. The van der Waals surface area contributed by atoms with Gasteiger partial charge in [0.25, 0.3) is 0 Å². The predicted octanol–water partition coefficient (Wildman–Crippen LogP) is 2.91. The number of hydrogen-bond donors (Lipinski definition) is 1. The molecule has 0 aromatic heterocycles. The Morgan fingerprint density at radius 3 is 2.48 bits per heavy atom. The van der Waals surface area contributed by atoms with Crippen LogP contribution in [0.5, 0.6) is 11.5 Å². The molecule has 0 bridgehead atoms. The van der Waals surface area contributed by atoms with Gasteiger partial charge in [0.15, 0.2) is 11.5 Å². The van der Waals surface area contributed by atoms with Crippen molar-refractivity contribution >= 4 is 33.7 Å².